The molecule has 1 amide bonds. The number of halogens is 1. The number of Topliss-reactive ketones (excluding diaryl/α,β-unsaturated/α-hetero) is 1. The highest BCUT2D eigenvalue weighted by molar-refractivity contribution is 6.46. The summed E-state index contributed by atoms with van der Waals surface area (Å²) in [5.74, 6) is -2.46. The van der Waals surface area contributed by atoms with Crippen LogP contribution < -0.4 is 0 Å². The third kappa shape index (κ3) is 3.04. The van der Waals surface area contributed by atoms with Crippen LogP contribution >= 0.6 is 0 Å². The summed E-state index contributed by atoms with van der Waals surface area (Å²) in [6.07, 6.45) is 0. The van der Waals surface area contributed by atoms with Crippen molar-refractivity contribution in [2.45, 2.75) is 6.04 Å². The van der Waals surface area contributed by atoms with Gasteiger partial charge in [-0.2, -0.15) is 0 Å². The molecule has 0 spiro atoms. The number of β-amino-alcohol motifs (C(OH)–C–C–N with tert-alkyl or cyclic N) is 1. The van der Waals surface area contributed by atoms with Crippen molar-refractivity contribution in [2.24, 2.45) is 0 Å². The number of carbonyl (C=O) groups is 2. The second-order valence-corrected chi connectivity index (χ2v) is 5.63. The van der Waals surface area contributed by atoms with Crippen molar-refractivity contribution in [3.05, 3.63) is 77.1 Å². The molecule has 1 heterocycles. The fourth-order valence-corrected chi connectivity index (χ4v) is 2.96. The zero-order valence-electron chi connectivity index (χ0n) is 13.2. The minimum Gasteiger partial charge on any atom is -0.507 e. The maximum Gasteiger partial charge on any atom is 0.295 e. The molecule has 2 aromatic carbocycles. The minimum absolute atomic E-state index is 0.0374. The maximum absolute atomic E-state index is 13.1. The summed E-state index contributed by atoms with van der Waals surface area (Å²) >= 11 is 0. The Kier molecular flexibility index (Phi) is 4.63. The van der Waals surface area contributed by atoms with Crippen LogP contribution in [0.25, 0.3) is 5.76 Å². The molecule has 6 heteroatoms. The molecule has 1 unspecified atom stereocenters. The molecule has 3 rings (SSSR count). The van der Waals surface area contributed by atoms with E-state index in [2.05, 4.69) is 0 Å². The van der Waals surface area contributed by atoms with Crippen LogP contribution in [0.15, 0.2) is 60.2 Å². The van der Waals surface area contributed by atoms with Gasteiger partial charge in [-0.25, -0.2) is 4.39 Å². The lowest BCUT2D eigenvalue weighted by molar-refractivity contribution is -0.140. The second kappa shape index (κ2) is 6.86. The van der Waals surface area contributed by atoms with E-state index in [1.807, 2.05) is 0 Å². The van der Waals surface area contributed by atoms with Crippen molar-refractivity contribution in [3.8, 4) is 0 Å². The van der Waals surface area contributed by atoms with Gasteiger partial charge in [0.25, 0.3) is 11.7 Å². The van der Waals surface area contributed by atoms with Gasteiger partial charge in [-0.05, 0) is 29.8 Å². The van der Waals surface area contributed by atoms with E-state index in [1.165, 1.54) is 17.0 Å². The third-order valence-electron chi connectivity index (χ3n) is 4.11. The Morgan fingerprint density at radius 2 is 1.68 bits per heavy atom. The summed E-state index contributed by atoms with van der Waals surface area (Å²) in [6, 6.07) is 13.0. The molecule has 0 bridgehead atoms. The number of aliphatic hydroxyl groups is 2. The fourth-order valence-electron chi connectivity index (χ4n) is 2.96. The molecular formula is C19H16FNO4. The first kappa shape index (κ1) is 16.9. The molecule has 1 aliphatic heterocycles. The zero-order chi connectivity index (χ0) is 18.0. The number of rotatable bonds is 4. The molecule has 25 heavy (non-hydrogen) atoms. The SMILES string of the molecule is O=C1C(=O)N(CCO)C(c2ccccc2)/C1=C(\O)c1ccc(F)cc1. The first-order chi connectivity index (χ1) is 12.0. The van der Waals surface area contributed by atoms with Gasteiger partial charge in [0.1, 0.15) is 11.6 Å². The molecule has 0 radical (unpaired) electrons. The molecule has 0 aromatic heterocycles. The van der Waals surface area contributed by atoms with E-state index in [9.17, 15) is 24.2 Å². The lowest BCUT2D eigenvalue weighted by Gasteiger charge is -2.24. The predicted molar refractivity (Wildman–Crippen MR) is 88.9 cm³/mol. The summed E-state index contributed by atoms with van der Waals surface area (Å²) < 4.78 is 13.1. The van der Waals surface area contributed by atoms with Crippen LogP contribution in [0.3, 0.4) is 0 Å². The van der Waals surface area contributed by atoms with Gasteiger partial charge in [0.2, 0.25) is 0 Å². The van der Waals surface area contributed by atoms with Crippen LogP contribution in [-0.4, -0.2) is 40.0 Å². The molecule has 2 N–H and O–H groups in total. The maximum atomic E-state index is 13.1. The zero-order valence-corrected chi connectivity index (χ0v) is 13.2. The van der Waals surface area contributed by atoms with E-state index in [0.29, 0.717) is 5.56 Å². The molecular weight excluding hydrogens is 325 g/mol. The van der Waals surface area contributed by atoms with Crippen LogP contribution in [0.1, 0.15) is 17.2 Å². The quantitative estimate of drug-likeness (QED) is 0.508. The van der Waals surface area contributed by atoms with Gasteiger partial charge in [0, 0.05) is 12.1 Å². The Morgan fingerprint density at radius 1 is 1.04 bits per heavy atom. The summed E-state index contributed by atoms with van der Waals surface area (Å²) in [6.45, 7) is -0.350. The second-order valence-electron chi connectivity index (χ2n) is 5.63. The predicted octanol–water partition coefficient (Wildman–Crippen LogP) is 2.24. The normalized spacial score (nSPS) is 19.4. The average Bonchev–Trinajstić information content (AvgIpc) is 2.88. The van der Waals surface area contributed by atoms with Crippen molar-refractivity contribution in [3.63, 3.8) is 0 Å². The van der Waals surface area contributed by atoms with Crippen molar-refractivity contribution in [1.29, 1.82) is 0 Å². The molecule has 1 fully saturated rings. The number of carbonyl (C=O) groups excluding carboxylic acids is 2. The van der Waals surface area contributed by atoms with Crippen molar-refractivity contribution < 1.29 is 24.2 Å². The van der Waals surface area contributed by atoms with E-state index >= 15 is 0 Å². The molecule has 5 nitrogen and oxygen atoms in total. The van der Waals surface area contributed by atoms with Crippen molar-refractivity contribution >= 4 is 17.4 Å². The van der Waals surface area contributed by atoms with Gasteiger partial charge in [-0.15, -0.1) is 0 Å². The lowest BCUT2D eigenvalue weighted by Crippen LogP contribution is -2.32. The third-order valence-corrected chi connectivity index (χ3v) is 4.11. The monoisotopic (exact) mass is 341 g/mol. The molecule has 1 atom stereocenters. The van der Waals surface area contributed by atoms with Gasteiger partial charge >= 0.3 is 0 Å². The molecule has 0 saturated carbocycles. The Bertz CT molecular complexity index is 830. The van der Waals surface area contributed by atoms with E-state index < -0.39 is 23.5 Å². The average molecular weight is 341 g/mol. The number of likely N-dealkylation sites (tertiary alicyclic amines) is 1. The van der Waals surface area contributed by atoms with Crippen LogP contribution in [-0.2, 0) is 9.59 Å². The van der Waals surface area contributed by atoms with Gasteiger partial charge in [-0.1, -0.05) is 30.3 Å². The molecule has 0 aliphatic carbocycles. The summed E-state index contributed by atoms with van der Waals surface area (Å²) in [7, 11) is 0. The van der Waals surface area contributed by atoms with Gasteiger partial charge in [0.05, 0.1) is 18.2 Å². The van der Waals surface area contributed by atoms with Gasteiger partial charge < -0.3 is 15.1 Å². The van der Waals surface area contributed by atoms with Gasteiger partial charge in [0.15, 0.2) is 0 Å². The highest BCUT2D eigenvalue weighted by Gasteiger charge is 2.45. The van der Waals surface area contributed by atoms with Crippen LogP contribution in [0.4, 0.5) is 4.39 Å². The highest BCUT2D eigenvalue weighted by Crippen LogP contribution is 2.38. The van der Waals surface area contributed by atoms with Crippen molar-refractivity contribution in [1.82, 2.24) is 4.90 Å². The molecule has 128 valence electrons. The van der Waals surface area contributed by atoms with E-state index in [0.717, 1.165) is 12.1 Å². The Hall–Kier alpha value is -2.99. The fraction of sp³-hybridized carbons (Fsp3) is 0.158. The number of hydrogen-bond donors (Lipinski definition) is 2. The van der Waals surface area contributed by atoms with Crippen LogP contribution in [0.2, 0.25) is 0 Å². The number of benzene rings is 2. The smallest absolute Gasteiger partial charge is 0.295 e. The van der Waals surface area contributed by atoms with Crippen LogP contribution in [0.5, 0.6) is 0 Å². The Balaban J connectivity index is 2.17. The first-order valence-electron chi connectivity index (χ1n) is 7.74. The topological polar surface area (TPSA) is 77.8 Å². The van der Waals surface area contributed by atoms with Crippen LogP contribution in [0, 0.1) is 5.82 Å². The lowest BCUT2D eigenvalue weighted by atomic mass is 9.95. The Labute approximate surface area is 143 Å². The summed E-state index contributed by atoms with van der Waals surface area (Å²) in [5, 5.41) is 19.9. The summed E-state index contributed by atoms with van der Waals surface area (Å²) in [5.41, 5.74) is 0.805. The minimum atomic E-state index is -0.830. The highest BCUT2D eigenvalue weighted by atomic mass is 19.1. The first-order valence-corrected chi connectivity index (χ1v) is 7.74. The molecule has 1 aliphatic rings. The molecule has 1 saturated heterocycles. The number of amides is 1. The largest absolute Gasteiger partial charge is 0.507 e. The number of nitrogens with zero attached hydrogens (tertiary/aromatic N) is 1. The van der Waals surface area contributed by atoms with E-state index in [-0.39, 0.29) is 30.0 Å². The van der Waals surface area contributed by atoms with Gasteiger partial charge in [-0.3, -0.25) is 9.59 Å². The summed E-state index contributed by atoms with van der Waals surface area (Å²) in [4.78, 5) is 26.1. The number of ketones is 1. The van der Waals surface area contributed by atoms with Crippen molar-refractivity contribution in [2.75, 3.05) is 13.2 Å². The Morgan fingerprint density at radius 3 is 2.28 bits per heavy atom. The molecule has 2 aromatic rings. The number of hydrogen-bond acceptors (Lipinski definition) is 4. The van der Waals surface area contributed by atoms with E-state index in [1.54, 1.807) is 30.3 Å². The standard InChI is InChI=1S/C19H16FNO4/c20-14-8-6-13(7-9-14)17(23)15-16(12-4-2-1-3-5-12)21(10-11-22)19(25)18(15)24/h1-9,16,22-23H,10-11H2/b17-15+. The van der Waals surface area contributed by atoms with E-state index in [4.69, 9.17) is 0 Å². The number of aliphatic hydroxyl groups excluding tert-OH is 2.